The zero-order chi connectivity index (χ0) is 23.3. The van der Waals surface area contributed by atoms with Crippen molar-refractivity contribution >= 4 is 37.5 Å². The first-order valence-corrected chi connectivity index (χ1v) is 12.3. The Balaban J connectivity index is 1.61. The van der Waals surface area contributed by atoms with E-state index in [1.807, 2.05) is 50.2 Å². The van der Waals surface area contributed by atoms with Crippen molar-refractivity contribution in [3.63, 3.8) is 0 Å². The molecule has 32 heavy (non-hydrogen) atoms. The van der Waals surface area contributed by atoms with Gasteiger partial charge >= 0.3 is 0 Å². The number of hydrogen-bond donors (Lipinski definition) is 2. The van der Waals surface area contributed by atoms with E-state index >= 15 is 0 Å². The molecule has 6 nitrogen and oxygen atoms in total. The van der Waals surface area contributed by atoms with Gasteiger partial charge in [-0.25, -0.2) is 8.42 Å². The Morgan fingerprint density at radius 3 is 2.41 bits per heavy atom. The number of hydrogen-bond acceptors (Lipinski definition) is 4. The number of ether oxygens (including phenoxy) is 1. The van der Waals surface area contributed by atoms with Crippen LogP contribution in [0.5, 0.6) is 5.75 Å². The minimum Gasteiger partial charge on any atom is -0.484 e. The molecule has 8 heteroatoms. The summed E-state index contributed by atoms with van der Waals surface area (Å²) in [5, 5.41) is 2.89. The minimum atomic E-state index is -3.74. The molecule has 0 aromatic heterocycles. The average molecular weight is 517 g/mol. The molecule has 0 fully saturated rings. The summed E-state index contributed by atoms with van der Waals surface area (Å²) < 4.78 is 34.5. The minimum absolute atomic E-state index is 0.121. The van der Waals surface area contributed by atoms with Gasteiger partial charge in [0.1, 0.15) is 5.75 Å². The second kappa shape index (κ2) is 10.2. The monoisotopic (exact) mass is 516 g/mol. The van der Waals surface area contributed by atoms with E-state index in [1.54, 1.807) is 25.1 Å². The molecule has 3 aromatic carbocycles. The number of benzene rings is 3. The third kappa shape index (κ3) is 6.34. The molecule has 1 amide bonds. The Hall–Kier alpha value is -2.84. The lowest BCUT2D eigenvalue weighted by Crippen LogP contribution is -2.31. The maximum Gasteiger partial charge on any atom is 0.261 e. The number of sulfonamides is 1. The molecule has 3 aromatic rings. The summed E-state index contributed by atoms with van der Waals surface area (Å²) in [5.74, 6) is 0.180. The summed E-state index contributed by atoms with van der Waals surface area (Å²) in [6, 6.07) is 19.2. The van der Waals surface area contributed by atoms with Gasteiger partial charge in [0.15, 0.2) is 6.61 Å². The summed E-state index contributed by atoms with van der Waals surface area (Å²) in [5.41, 5.74) is 3.12. The Morgan fingerprint density at radius 2 is 1.75 bits per heavy atom. The van der Waals surface area contributed by atoms with E-state index in [9.17, 15) is 13.2 Å². The molecule has 0 aliphatic rings. The molecule has 0 spiro atoms. The fourth-order valence-corrected chi connectivity index (χ4v) is 4.63. The topological polar surface area (TPSA) is 84.5 Å². The number of carbonyl (C=O) groups excluding carboxylic acids is 1. The molecule has 0 saturated carbocycles. The number of carbonyl (C=O) groups is 1. The van der Waals surface area contributed by atoms with Crippen LogP contribution < -0.4 is 14.8 Å². The molecule has 0 bridgehead atoms. The summed E-state index contributed by atoms with van der Waals surface area (Å²) in [7, 11) is -3.74. The third-order valence-electron chi connectivity index (χ3n) is 4.85. The first-order chi connectivity index (χ1) is 15.1. The standard InChI is InChI=1S/C24H25BrN2O4S/c1-16-7-9-21(10-8-16)27-32(29,30)22-11-12-23(17(2)13-22)31-15-24(28)26-18(3)19-5-4-6-20(25)14-19/h4-14,18,27H,15H2,1-3H3,(H,26,28)/t18-/m1/s1. The van der Waals surface area contributed by atoms with Crippen LogP contribution >= 0.6 is 15.9 Å². The molecular formula is C24H25BrN2O4S. The molecule has 2 N–H and O–H groups in total. The average Bonchev–Trinajstić information content (AvgIpc) is 2.74. The van der Waals surface area contributed by atoms with Crippen LogP contribution in [0.4, 0.5) is 5.69 Å². The lowest BCUT2D eigenvalue weighted by atomic mass is 10.1. The van der Waals surface area contributed by atoms with Gasteiger partial charge in [0.2, 0.25) is 0 Å². The van der Waals surface area contributed by atoms with Gasteiger partial charge in [0.05, 0.1) is 10.9 Å². The van der Waals surface area contributed by atoms with Gasteiger partial charge < -0.3 is 10.1 Å². The molecule has 0 aliphatic heterocycles. The van der Waals surface area contributed by atoms with Crippen LogP contribution in [0.2, 0.25) is 0 Å². The highest BCUT2D eigenvalue weighted by molar-refractivity contribution is 9.10. The number of amides is 1. The van der Waals surface area contributed by atoms with Gasteiger partial charge in [-0.1, -0.05) is 45.8 Å². The summed E-state index contributed by atoms with van der Waals surface area (Å²) in [6.45, 7) is 5.39. The number of rotatable bonds is 8. The highest BCUT2D eigenvalue weighted by atomic mass is 79.9. The largest absolute Gasteiger partial charge is 0.484 e. The van der Waals surface area contributed by atoms with Crippen molar-refractivity contribution in [2.24, 2.45) is 0 Å². The van der Waals surface area contributed by atoms with E-state index < -0.39 is 10.0 Å². The molecule has 168 valence electrons. The molecule has 0 unspecified atom stereocenters. The first-order valence-electron chi connectivity index (χ1n) is 10.0. The van der Waals surface area contributed by atoms with Crippen LogP contribution in [0.25, 0.3) is 0 Å². The molecule has 3 rings (SSSR count). The van der Waals surface area contributed by atoms with Crippen LogP contribution in [-0.2, 0) is 14.8 Å². The normalized spacial score (nSPS) is 12.1. The second-order valence-corrected chi connectivity index (χ2v) is 10.1. The van der Waals surface area contributed by atoms with Crippen LogP contribution in [0, 0.1) is 13.8 Å². The predicted molar refractivity (Wildman–Crippen MR) is 129 cm³/mol. The number of aryl methyl sites for hydroxylation is 2. The van der Waals surface area contributed by atoms with Crippen molar-refractivity contribution in [3.05, 3.63) is 87.9 Å². The van der Waals surface area contributed by atoms with E-state index in [4.69, 9.17) is 4.74 Å². The molecule has 0 aliphatic carbocycles. The molecule has 0 radical (unpaired) electrons. The highest BCUT2D eigenvalue weighted by Gasteiger charge is 2.17. The SMILES string of the molecule is Cc1ccc(NS(=O)(=O)c2ccc(OCC(=O)N[C@H](C)c3cccc(Br)c3)c(C)c2)cc1. The van der Waals surface area contributed by atoms with E-state index in [2.05, 4.69) is 26.0 Å². The smallest absolute Gasteiger partial charge is 0.261 e. The Morgan fingerprint density at radius 1 is 1.03 bits per heavy atom. The van der Waals surface area contributed by atoms with Gasteiger partial charge in [-0.3, -0.25) is 9.52 Å². The van der Waals surface area contributed by atoms with Crippen LogP contribution in [0.1, 0.15) is 29.7 Å². The first kappa shape index (κ1) is 23.8. The molecule has 0 saturated heterocycles. The molecular weight excluding hydrogens is 492 g/mol. The Kier molecular flexibility index (Phi) is 7.58. The zero-order valence-corrected chi connectivity index (χ0v) is 20.5. The van der Waals surface area contributed by atoms with Crippen LogP contribution in [-0.4, -0.2) is 20.9 Å². The van der Waals surface area contributed by atoms with Crippen LogP contribution in [0.15, 0.2) is 76.1 Å². The van der Waals surface area contributed by atoms with E-state index in [0.29, 0.717) is 17.0 Å². The molecule has 0 heterocycles. The van der Waals surface area contributed by atoms with Crippen LogP contribution in [0.3, 0.4) is 0 Å². The summed E-state index contributed by atoms with van der Waals surface area (Å²) in [4.78, 5) is 12.4. The van der Waals surface area contributed by atoms with Crippen molar-refractivity contribution < 1.29 is 17.9 Å². The number of halogens is 1. The number of nitrogens with one attached hydrogen (secondary N) is 2. The van der Waals surface area contributed by atoms with E-state index in [0.717, 1.165) is 15.6 Å². The van der Waals surface area contributed by atoms with Crippen molar-refractivity contribution in [2.45, 2.75) is 31.7 Å². The van der Waals surface area contributed by atoms with Gasteiger partial charge in [0, 0.05) is 10.2 Å². The maximum absolute atomic E-state index is 12.7. The van der Waals surface area contributed by atoms with Gasteiger partial charge in [-0.2, -0.15) is 0 Å². The maximum atomic E-state index is 12.7. The van der Waals surface area contributed by atoms with Crippen molar-refractivity contribution in [1.29, 1.82) is 0 Å². The lowest BCUT2D eigenvalue weighted by molar-refractivity contribution is -0.123. The zero-order valence-electron chi connectivity index (χ0n) is 18.1. The second-order valence-electron chi connectivity index (χ2n) is 7.53. The summed E-state index contributed by atoms with van der Waals surface area (Å²) >= 11 is 3.42. The van der Waals surface area contributed by atoms with Crippen molar-refractivity contribution in [1.82, 2.24) is 5.32 Å². The Bertz CT molecular complexity index is 1210. The van der Waals surface area contributed by atoms with Gasteiger partial charge in [-0.05, 0) is 74.4 Å². The Labute approximate surface area is 197 Å². The van der Waals surface area contributed by atoms with Gasteiger partial charge in [-0.15, -0.1) is 0 Å². The fraction of sp³-hybridized carbons (Fsp3) is 0.208. The van der Waals surface area contributed by atoms with E-state index in [-0.39, 0.29) is 23.5 Å². The number of anilines is 1. The fourth-order valence-electron chi connectivity index (χ4n) is 3.07. The van der Waals surface area contributed by atoms with E-state index in [1.165, 1.54) is 12.1 Å². The predicted octanol–water partition coefficient (Wildman–Crippen LogP) is 5.12. The third-order valence-corrected chi connectivity index (χ3v) is 6.72. The highest BCUT2D eigenvalue weighted by Crippen LogP contribution is 2.24. The molecule has 1 atom stereocenters. The lowest BCUT2D eigenvalue weighted by Gasteiger charge is -2.16. The van der Waals surface area contributed by atoms with Gasteiger partial charge in [0.25, 0.3) is 15.9 Å². The quantitative estimate of drug-likeness (QED) is 0.434. The summed E-state index contributed by atoms with van der Waals surface area (Å²) in [6.07, 6.45) is 0. The van der Waals surface area contributed by atoms with Crippen molar-refractivity contribution in [2.75, 3.05) is 11.3 Å². The van der Waals surface area contributed by atoms with Crippen molar-refractivity contribution in [3.8, 4) is 5.75 Å².